The minimum atomic E-state index is -0.538. The number of pyridine rings is 1. The Kier molecular flexibility index (Phi) is 3.99. The fourth-order valence-electron chi connectivity index (χ4n) is 3.77. The maximum absolute atomic E-state index is 12.8. The molecule has 0 bridgehead atoms. The van der Waals surface area contributed by atoms with Gasteiger partial charge in [0.1, 0.15) is 5.69 Å². The zero-order chi connectivity index (χ0) is 17.4. The van der Waals surface area contributed by atoms with Gasteiger partial charge in [0.05, 0.1) is 0 Å². The van der Waals surface area contributed by atoms with Gasteiger partial charge >= 0.3 is 0 Å². The van der Waals surface area contributed by atoms with Crippen molar-refractivity contribution >= 4 is 11.8 Å². The summed E-state index contributed by atoms with van der Waals surface area (Å²) in [5, 5.41) is 6.85. The predicted octanol–water partition coefficient (Wildman–Crippen LogP) is 1.41. The summed E-state index contributed by atoms with van der Waals surface area (Å²) in [4.78, 5) is 30.2. The number of hydrogen-bond acceptors (Lipinski definition) is 4. The minimum absolute atomic E-state index is 0.0749. The lowest BCUT2D eigenvalue weighted by atomic mass is 9.94. The molecule has 4 rings (SSSR count). The van der Waals surface area contributed by atoms with Crippen molar-refractivity contribution < 1.29 is 9.59 Å². The van der Waals surface area contributed by atoms with Crippen LogP contribution in [0.3, 0.4) is 0 Å². The van der Waals surface area contributed by atoms with Crippen LogP contribution in [-0.2, 0) is 4.79 Å². The summed E-state index contributed by atoms with van der Waals surface area (Å²) in [5.74, 6) is 0.242. The van der Waals surface area contributed by atoms with E-state index in [1.54, 1.807) is 12.3 Å². The molecule has 3 N–H and O–H groups in total. The zero-order valence-corrected chi connectivity index (χ0v) is 13.9. The lowest BCUT2D eigenvalue weighted by Gasteiger charge is -2.32. The standard InChI is InChI=1S/C18H21N5O2/c19-17(24)16-8-15(21-22-16)12-4-2-6-23(10-12)18(25)14-7-13(14)11-3-1-5-20-9-11/h1,3,5,8-9,12-14H,2,4,6-7,10H2,(H2,19,24)(H,21,22)/t12-,13+,14+/m1/s1. The molecule has 25 heavy (non-hydrogen) atoms. The van der Waals surface area contributed by atoms with E-state index < -0.39 is 5.91 Å². The first-order valence-electron chi connectivity index (χ1n) is 8.67. The van der Waals surface area contributed by atoms with E-state index in [2.05, 4.69) is 15.2 Å². The number of aromatic amines is 1. The van der Waals surface area contributed by atoms with Gasteiger partial charge in [-0.05, 0) is 42.9 Å². The van der Waals surface area contributed by atoms with E-state index in [1.807, 2.05) is 23.2 Å². The molecular weight excluding hydrogens is 318 g/mol. The third-order valence-corrected chi connectivity index (χ3v) is 5.24. The molecule has 0 radical (unpaired) electrons. The number of H-pyrrole nitrogens is 1. The third-order valence-electron chi connectivity index (χ3n) is 5.24. The van der Waals surface area contributed by atoms with Crippen LogP contribution < -0.4 is 5.73 Å². The molecule has 1 saturated heterocycles. The van der Waals surface area contributed by atoms with Crippen molar-refractivity contribution in [3.63, 3.8) is 0 Å². The molecule has 7 heteroatoms. The van der Waals surface area contributed by atoms with Gasteiger partial charge in [-0.15, -0.1) is 0 Å². The van der Waals surface area contributed by atoms with Crippen molar-refractivity contribution in [3.8, 4) is 0 Å². The monoisotopic (exact) mass is 339 g/mol. The number of carbonyl (C=O) groups is 2. The van der Waals surface area contributed by atoms with Crippen molar-refractivity contribution in [2.24, 2.45) is 11.7 Å². The average molecular weight is 339 g/mol. The van der Waals surface area contributed by atoms with Gasteiger partial charge in [-0.1, -0.05) is 6.07 Å². The molecule has 2 aromatic heterocycles. The Bertz CT molecular complexity index is 788. The number of amides is 2. The van der Waals surface area contributed by atoms with Crippen LogP contribution in [0.5, 0.6) is 0 Å². The Hall–Kier alpha value is -2.70. The van der Waals surface area contributed by atoms with Crippen LogP contribution in [0.25, 0.3) is 0 Å². The van der Waals surface area contributed by atoms with Gasteiger partial charge in [0.15, 0.2) is 0 Å². The molecular formula is C18H21N5O2. The second-order valence-corrected chi connectivity index (χ2v) is 6.93. The van der Waals surface area contributed by atoms with Gasteiger partial charge in [-0.2, -0.15) is 5.10 Å². The van der Waals surface area contributed by atoms with E-state index in [9.17, 15) is 9.59 Å². The molecule has 3 atom stereocenters. The SMILES string of the molecule is NC(=O)c1cc([C@@H]2CCCN(C(=O)[C@H]3C[C@H]3c3cccnc3)C2)[nH]n1. The van der Waals surface area contributed by atoms with Crippen LogP contribution in [0, 0.1) is 5.92 Å². The number of carbonyl (C=O) groups excluding carboxylic acids is 2. The highest BCUT2D eigenvalue weighted by molar-refractivity contribution is 5.90. The maximum Gasteiger partial charge on any atom is 0.269 e. The average Bonchev–Trinajstić information content (AvgIpc) is 3.29. The van der Waals surface area contributed by atoms with E-state index in [4.69, 9.17) is 5.73 Å². The molecule has 2 amide bonds. The van der Waals surface area contributed by atoms with Gasteiger partial charge in [0.25, 0.3) is 5.91 Å². The minimum Gasteiger partial charge on any atom is -0.364 e. The van der Waals surface area contributed by atoms with Crippen LogP contribution in [0.15, 0.2) is 30.6 Å². The van der Waals surface area contributed by atoms with Crippen LogP contribution in [0.4, 0.5) is 0 Å². The van der Waals surface area contributed by atoms with Crippen molar-refractivity contribution in [2.75, 3.05) is 13.1 Å². The molecule has 3 heterocycles. The highest BCUT2D eigenvalue weighted by Gasteiger charge is 2.46. The lowest BCUT2D eigenvalue weighted by Crippen LogP contribution is -2.40. The predicted molar refractivity (Wildman–Crippen MR) is 90.7 cm³/mol. The molecule has 1 saturated carbocycles. The highest BCUT2D eigenvalue weighted by Crippen LogP contribution is 2.48. The maximum atomic E-state index is 12.8. The van der Waals surface area contributed by atoms with E-state index >= 15 is 0 Å². The number of piperidine rings is 1. The van der Waals surface area contributed by atoms with Gasteiger partial charge in [0, 0.05) is 43.0 Å². The number of rotatable bonds is 4. The first kappa shape index (κ1) is 15.8. The van der Waals surface area contributed by atoms with Crippen molar-refractivity contribution in [1.29, 1.82) is 0 Å². The molecule has 1 aliphatic carbocycles. The van der Waals surface area contributed by atoms with Gasteiger partial charge < -0.3 is 10.6 Å². The summed E-state index contributed by atoms with van der Waals surface area (Å²) in [7, 11) is 0. The van der Waals surface area contributed by atoms with Crippen LogP contribution in [-0.4, -0.2) is 45.0 Å². The molecule has 2 fully saturated rings. The largest absolute Gasteiger partial charge is 0.364 e. The van der Waals surface area contributed by atoms with Gasteiger partial charge in [-0.3, -0.25) is 19.7 Å². The number of hydrogen-bond donors (Lipinski definition) is 2. The summed E-state index contributed by atoms with van der Waals surface area (Å²) >= 11 is 0. The van der Waals surface area contributed by atoms with E-state index in [0.717, 1.165) is 37.1 Å². The smallest absolute Gasteiger partial charge is 0.269 e. The molecule has 7 nitrogen and oxygen atoms in total. The number of nitrogens with two attached hydrogens (primary N) is 1. The zero-order valence-electron chi connectivity index (χ0n) is 13.9. The molecule has 130 valence electrons. The third kappa shape index (κ3) is 3.14. The van der Waals surface area contributed by atoms with Crippen molar-refractivity contribution in [3.05, 3.63) is 47.5 Å². The van der Waals surface area contributed by atoms with E-state index in [0.29, 0.717) is 12.5 Å². The Labute approximate surface area is 145 Å². The number of nitrogens with one attached hydrogen (secondary N) is 1. The Morgan fingerprint density at radius 1 is 1.36 bits per heavy atom. The second-order valence-electron chi connectivity index (χ2n) is 6.93. The molecule has 2 aliphatic rings. The fraction of sp³-hybridized carbons (Fsp3) is 0.444. The van der Waals surface area contributed by atoms with Crippen LogP contribution in [0.1, 0.15) is 52.8 Å². The topological polar surface area (TPSA) is 105 Å². The Morgan fingerprint density at radius 3 is 2.96 bits per heavy atom. The van der Waals surface area contributed by atoms with E-state index in [-0.39, 0.29) is 23.4 Å². The number of nitrogens with zero attached hydrogens (tertiary/aromatic N) is 3. The normalized spacial score (nSPS) is 25.6. The van der Waals surface area contributed by atoms with E-state index in [1.165, 1.54) is 0 Å². The highest BCUT2D eigenvalue weighted by atomic mass is 16.2. The molecule has 0 aromatic carbocycles. The lowest BCUT2D eigenvalue weighted by molar-refractivity contribution is -0.133. The van der Waals surface area contributed by atoms with Gasteiger partial charge in [-0.25, -0.2) is 0 Å². The van der Waals surface area contributed by atoms with Crippen molar-refractivity contribution in [1.82, 2.24) is 20.1 Å². The van der Waals surface area contributed by atoms with Crippen molar-refractivity contribution in [2.45, 2.75) is 31.1 Å². The van der Waals surface area contributed by atoms with Gasteiger partial charge in [0.2, 0.25) is 5.91 Å². The molecule has 1 aliphatic heterocycles. The first-order valence-corrected chi connectivity index (χ1v) is 8.67. The summed E-state index contributed by atoms with van der Waals surface area (Å²) < 4.78 is 0. The number of primary amides is 1. The number of aromatic nitrogens is 3. The fourth-order valence-corrected chi connectivity index (χ4v) is 3.77. The summed E-state index contributed by atoms with van der Waals surface area (Å²) in [6.07, 6.45) is 6.43. The second kappa shape index (κ2) is 6.31. The Morgan fingerprint density at radius 2 is 2.24 bits per heavy atom. The summed E-state index contributed by atoms with van der Waals surface area (Å²) in [5.41, 5.74) is 7.53. The Balaban J connectivity index is 1.41. The summed E-state index contributed by atoms with van der Waals surface area (Å²) in [6.45, 7) is 1.46. The number of likely N-dealkylation sites (tertiary alicyclic amines) is 1. The summed E-state index contributed by atoms with van der Waals surface area (Å²) in [6, 6.07) is 5.66. The molecule has 0 unspecified atom stereocenters. The first-order chi connectivity index (χ1) is 12.1. The molecule has 0 spiro atoms. The molecule has 2 aromatic rings. The van der Waals surface area contributed by atoms with Crippen LogP contribution >= 0.6 is 0 Å². The quantitative estimate of drug-likeness (QED) is 0.878. The van der Waals surface area contributed by atoms with Crippen LogP contribution in [0.2, 0.25) is 0 Å².